The molecule has 2 amide bonds. The molecule has 150 valence electrons. The Balaban J connectivity index is 1.68. The highest BCUT2D eigenvalue weighted by atomic mass is 35.5. The first-order chi connectivity index (χ1) is 13.5. The number of thiophene rings is 1. The van der Waals surface area contributed by atoms with Gasteiger partial charge >= 0.3 is 6.03 Å². The number of nitrogens with zero attached hydrogens (tertiary/aromatic N) is 2. The molecule has 10 heteroatoms. The molecule has 5 N–H and O–H groups in total. The summed E-state index contributed by atoms with van der Waals surface area (Å²) in [6.07, 6.45) is 1.38. The van der Waals surface area contributed by atoms with E-state index in [9.17, 15) is 4.79 Å². The predicted molar refractivity (Wildman–Crippen MR) is 114 cm³/mol. The van der Waals surface area contributed by atoms with Crippen LogP contribution in [0.25, 0.3) is 10.6 Å². The molecule has 3 heterocycles. The van der Waals surface area contributed by atoms with Gasteiger partial charge in [0, 0.05) is 44.9 Å². The monoisotopic (exact) mass is 422 g/mol. The molecular weight excluding hydrogens is 400 g/mol. The minimum absolute atomic E-state index is 0.0169. The second-order valence-corrected chi connectivity index (χ2v) is 8.17. The van der Waals surface area contributed by atoms with Gasteiger partial charge in [-0.05, 0) is 24.3 Å². The van der Waals surface area contributed by atoms with Crippen molar-refractivity contribution in [2.24, 2.45) is 5.92 Å². The zero-order valence-corrected chi connectivity index (χ0v) is 17.0. The Bertz CT molecular complexity index is 845. The summed E-state index contributed by atoms with van der Waals surface area (Å²) in [6.45, 7) is 2.20. The van der Waals surface area contributed by atoms with E-state index in [0.717, 1.165) is 4.88 Å². The molecule has 0 aliphatic carbocycles. The zero-order valence-electron chi connectivity index (χ0n) is 15.4. The summed E-state index contributed by atoms with van der Waals surface area (Å²) in [5, 5.41) is 13.7. The molecule has 0 bridgehead atoms. The van der Waals surface area contributed by atoms with Crippen LogP contribution in [0.1, 0.15) is 0 Å². The van der Waals surface area contributed by atoms with Crippen molar-refractivity contribution in [3.8, 4) is 10.6 Å². The number of pyridine rings is 1. The highest BCUT2D eigenvalue weighted by molar-refractivity contribution is 7.19. The van der Waals surface area contributed by atoms with Crippen molar-refractivity contribution in [2.75, 3.05) is 44.4 Å². The van der Waals surface area contributed by atoms with Gasteiger partial charge in [0.15, 0.2) is 5.82 Å². The number of carbonyl (C=O) groups excluding carboxylic acids is 1. The second-order valence-electron chi connectivity index (χ2n) is 6.46. The largest absolute Gasteiger partial charge is 0.396 e. The molecule has 1 aliphatic heterocycles. The Morgan fingerprint density at radius 2 is 2.29 bits per heavy atom. The molecule has 0 radical (unpaired) electrons. The number of hydrogen-bond acceptors (Lipinski definition) is 7. The molecule has 8 nitrogen and oxygen atoms in total. The molecule has 2 unspecified atom stereocenters. The molecule has 2 atom stereocenters. The third-order valence-electron chi connectivity index (χ3n) is 4.56. The van der Waals surface area contributed by atoms with Gasteiger partial charge in [-0.25, -0.2) is 9.78 Å². The van der Waals surface area contributed by atoms with E-state index in [1.54, 1.807) is 30.2 Å². The molecule has 1 fully saturated rings. The van der Waals surface area contributed by atoms with Crippen molar-refractivity contribution in [3.63, 3.8) is 0 Å². The maximum absolute atomic E-state index is 12.7. The Morgan fingerprint density at radius 3 is 2.96 bits per heavy atom. The summed E-state index contributed by atoms with van der Waals surface area (Å²) in [5.41, 5.74) is 7.08. The second kappa shape index (κ2) is 9.33. The fraction of sp³-hybridized carbons (Fsp3) is 0.389. The van der Waals surface area contributed by atoms with Gasteiger partial charge in [0.25, 0.3) is 0 Å². The van der Waals surface area contributed by atoms with Crippen LogP contribution in [0.5, 0.6) is 0 Å². The van der Waals surface area contributed by atoms with Crippen LogP contribution in [-0.4, -0.2) is 61.5 Å². The van der Waals surface area contributed by atoms with Crippen LogP contribution in [0.3, 0.4) is 0 Å². The molecule has 1 aliphatic rings. The first-order valence-corrected chi connectivity index (χ1v) is 10.0. The lowest BCUT2D eigenvalue weighted by Gasteiger charge is -2.18. The number of hydrogen-bond donors (Lipinski definition) is 4. The number of ether oxygens (including phenoxy) is 1. The van der Waals surface area contributed by atoms with Gasteiger partial charge in [-0.1, -0.05) is 11.6 Å². The number of nitrogens with two attached hydrogens (primary N) is 1. The number of methoxy groups -OCH3 is 1. The normalized spacial score (nSPS) is 19.0. The van der Waals surface area contributed by atoms with Crippen LogP contribution in [0.2, 0.25) is 4.34 Å². The standard InChI is InChI=1S/C18H23ClN6O2S/c1-27-7-6-22-14-10-25(9-11(14)8-20)18(26)24-17-12(21)2-3-13(23-17)15-4-5-16(19)28-15/h2-5,8,11,14,20,22H,6-7,9-10,21H2,1H3,(H,23,24,26). The molecule has 3 rings (SSSR count). The number of rotatable bonds is 7. The van der Waals surface area contributed by atoms with Crippen molar-refractivity contribution in [3.05, 3.63) is 28.6 Å². The Kier molecular flexibility index (Phi) is 6.84. The van der Waals surface area contributed by atoms with E-state index in [1.165, 1.54) is 17.6 Å². The van der Waals surface area contributed by atoms with Crippen LogP contribution in [0.4, 0.5) is 16.3 Å². The summed E-state index contributed by atoms with van der Waals surface area (Å²) in [4.78, 5) is 19.8. The Morgan fingerprint density at radius 1 is 1.46 bits per heavy atom. The smallest absolute Gasteiger partial charge is 0.323 e. The number of aromatic nitrogens is 1. The fourth-order valence-corrected chi connectivity index (χ4v) is 4.08. The third kappa shape index (κ3) is 4.79. The number of nitrogen functional groups attached to an aromatic ring is 1. The van der Waals surface area contributed by atoms with E-state index in [-0.39, 0.29) is 18.0 Å². The molecule has 0 spiro atoms. The average molecular weight is 423 g/mol. The van der Waals surface area contributed by atoms with Crippen LogP contribution in [0.15, 0.2) is 24.3 Å². The van der Waals surface area contributed by atoms with Gasteiger partial charge in [0.05, 0.1) is 27.2 Å². The maximum atomic E-state index is 12.7. The van der Waals surface area contributed by atoms with E-state index >= 15 is 0 Å². The predicted octanol–water partition coefficient (Wildman–Crippen LogP) is 2.76. The van der Waals surface area contributed by atoms with E-state index in [4.69, 9.17) is 27.5 Å². The van der Waals surface area contributed by atoms with Gasteiger partial charge in [0.1, 0.15) is 0 Å². The highest BCUT2D eigenvalue weighted by Gasteiger charge is 2.34. The van der Waals surface area contributed by atoms with Gasteiger partial charge in [-0.2, -0.15) is 0 Å². The molecule has 0 aromatic carbocycles. The van der Waals surface area contributed by atoms with Crippen molar-refractivity contribution < 1.29 is 9.53 Å². The Hall–Kier alpha value is -2.20. The van der Waals surface area contributed by atoms with Crippen LogP contribution < -0.4 is 16.4 Å². The van der Waals surface area contributed by atoms with E-state index < -0.39 is 0 Å². The lowest BCUT2D eigenvalue weighted by molar-refractivity contribution is 0.194. The third-order valence-corrected chi connectivity index (χ3v) is 5.81. The number of halogens is 1. The first-order valence-electron chi connectivity index (χ1n) is 8.83. The van der Waals surface area contributed by atoms with Crippen LogP contribution in [-0.2, 0) is 4.74 Å². The summed E-state index contributed by atoms with van der Waals surface area (Å²) in [7, 11) is 1.64. The maximum Gasteiger partial charge on any atom is 0.323 e. The molecule has 28 heavy (non-hydrogen) atoms. The number of likely N-dealkylation sites (tertiary alicyclic amines) is 1. The van der Waals surface area contributed by atoms with Gasteiger partial charge in [-0.15, -0.1) is 11.3 Å². The SMILES string of the molecule is COCCNC1CN(C(=O)Nc2nc(-c3ccc(Cl)s3)ccc2N)CC1C=N. The molecular formula is C18H23ClN6O2S. The minimum atomic E-state index is -0.288. The lowest BCUT2D eigenvalue weighted by Crippen LogP contribution is -2.40. The number of nitrogens with one attached hydrogen (secondary N) is 3. The number of amides is 2. The molecule has 1 saturated heterocycles. The van der Waals surface area contributed by atoms with E-state index in [0.29, 0.717) is 47.8 Å². The zero-order chi connectivity index (χ0) is 20.1. The van der Waals surface area contributed by atoms with Gasteiger partial charge in [0.2, 0.25) is 0 Å². The van der Waals surface area contributed by atoms with Crippen molar-refractivity contribution >= 4 is 46.7 Å². The van der Waals surface area contributed by atoms with Crippen LogP contribution in [0, 0.1) is 11.3 Å². The summed E-state index contributed by atoms with van der Waals surface area (Å²) in [6, 6.07) is 6.92. The number of carbonyl (C=O) groups is 1. The fourth-order valence-electron chi connectivity index (χ4n) is 3.07. The summed E-state index contributed by atoms with van der Waals surface area (Å²) in [5.74, 6) is 0.265. The van der Waals surface area contributed by atoms with Gasteiger partial charge < -0.3 is 26.1 Å². The quantitative estimate of drug-likeness (QED) is 0.404. The molecule has 2 aromatic heterocycles. The van der Waals surface area contributed by atoms with Crippen molar-refractivity contribution in [1.29, 1.82) is 5.41 Å². The molecule has 2 aromatic rings. The first kappa shape index (κ1) is 20.5. The molecule has 0 saturated carbocycles. The average Bonchev–Trinajstić information content (AvgIpc) is 3.30. The van der Waals surface area contributed by atoms with E-state index in [2.05, 4.69) is 15.6 Å². The van der Waals surface area contributed by atoms with Crippen LogP contribution >= 0.6 is 22.9 Å². The van der Waals surface area contributed by atoms with Crippen molar-refractivity contribution in [2.45, 2.75) is 6.04 Å². The Labute approximate surface area is 172 Å². The number of urea groups is 1. The number of anilines is 2. The topological polar surface area (TPSA) is 116 Å². The summed E-state index contributed by atoms with van der Waals surface area (Å²) >= 11 is 7.40. The highest BCUT2D eigenvalue weighted by Crippen LogP contribution is 2.31. The van der Waals surface area contributed by atoms with E-state index in [1.807, 2.05) is 6.07 Å². The van der Waals surface area contributed by atoms with Crippen molar-refractivity contribution in [1.82, 2.24) is 15.2 Å². The minimum Gasteiger partial charge on any atom is -0.396 e. The lowest BCUT2D eigenvalue weighted by atomic mass is 10.1. The summed E-state index contributed by atoms with van der Waals surface area (Å²) < 4.78 is 5.71. The van der Waals surface area contributed by atoms with Gasteiger partial charge in [-0.3, -0.25) is 5.32 Å².